The molecule has 1 fully saturated rings. The lowest BCUT2D eigenvalue weighted by Crippen LogP contribution is -2.38. The summed E-state index contributed by atoms with van der Waals surface area (Å²) in [7, 11) is 0. The largest absolute Gasteiger partial charge is 0.459 e. The van der Waals surface area contributed by atoms with E-state index in [9.17, 15) is 14.7 Å². The fourth-order valence-corrected chi connectivity index (χ4v) is 2.54. The summed E-state index contributed by atoms with van der Waals surface area (Å²) >= 11 is 0. The van der Waals surface area contributed by atoms with Crippen molar-refractivity contribution in [3.63, 3.8) is 0 Å². The second-order valence-corrected chi connectivity index (χ2v) is 5.64. The highest BCUT2D eigenvalue weighted by Gasteiger charge is 2.40. The Morgan fingerprint density at radius 3 is 2.12 bits per heavy atom. The molecule has 6 heteroatoms. The smallest absolute Gasteiger partial charge is 0.338 e. The third kappa shape index (κ3) is 4.23. The standard InChI is InChI=1S/C19H18O6/c20-15-11-23-16(12-24-18(21)13-7-3-1-4-8-13)17(15)25-19(22)14-9-5-2-6-10-14/h1-10,15-17,20H,11-12H2/t15-,16-,17+/m1/s1. The first kappa shape index (κ1) is 17.1. The molecule has 1 N–H and O–H groups in total. The molecule has 0 amide bonds. The molecular weight excluding hydrogens is 324 g/mol. The van der Waals surface area contributed by atoms with Crippen LogP contribution in [0.3, 0.4) is 0 Å². The van der Waals surface area contributed by atoms with Gasteiger partial charge in [0.2, 0.25) is 0 Å². The highest BCUT2D eigenvalue weighted by molar-refractivity contribution is 5.90. The fourth-order valence-electron chi connectivity index (χ4n) is 2.54. The number of aliphatic hydroxyl groups is 1. The maximum atomic E-state index is 12.2. The van der Waals surface area contributed by atoms with E-state index in [-0.39, 0.29) is 13.2 Å². The fraction of sp³-hybridized carbons (Fsp3) is 0.263. The molecule has 0 bridgehead atoms. The van der Waals surface area contributed by atoms with Gasteiger partial charge in [-0.25, -0.2) is 9.59 Å². The van der Waals surface area contributed by atoms with Crippen molar-refractivity contribution in [2.75, 3.05) is 13.2 Å². The van der Waals surface area contributed by atoms with Gasteiger partial charge in [-0.2, -0.15) is 0 Å². The molecule has 0 radical (unpaired) electrons. The van der Waals surface area contributed by atoms with Crippen molar-refractivity contribution < 1.29 is 28.9 Å². The van der Waals surface area contributed by atoms with Crippen LogP contribution < -0.4 is 0 Å². The number of carbonyl (C=O) groups excluding carboxylic acids is 2. The van der Waals surface area contributed by atoms with E-state index in [1.54, 1.807) is 60.7 Å². The summed E-state index contributed by atoms with van der Waals surface area (Å²) in [5.74, 6) is -1.06. The predicted octanol–water partition coefficient (Wildman–Crippen LogP) is 1.83. The Morgan fingerprint density at radius 2 is 1.52 bits per heavy atom. The molecule has 0 saturated carbocycles. The summed E-state index contributed by atoms with van der Waals surface area (Å²) in [5, 5.41) is 9.99. The van der Waals surface area contributed by atoms with Crippen molar-refractivity contribution in [3.05, 3.63) is 71.8 Å². The third-order valence-electron chi connectivity index (χ3n) is 3.87. The van der Waals surface area contributed by atoms with Crippen LogP contribution in [0.25, 0.3) is 0 Å². The second-order valence-electron chi connectivity index (χ2n) is 5.64. The number of hydrogen-bond acceptors (Lipinski definition) is 6. The van der Waals surface area contributed by atoms with Gasteiger partial charge >= 0.3 is 11.9 Å². The SMILES string of the molecule is O=C(OC[C@H]1OC[C@@H](O)[C@@H]1OC(=O)c1ccccc1)c1ccccc1. The molecule has 0 aliphatic carbocycles. The van der Waals surface area contributed by atoms with Crippen LogP contribution >= 0.6 is 0 Å². The molecule has 3 atom stereocenters. The summed E-state index contributed by atoms with van der Waals surface area (Å²) in [5.41, 5.74) is 0.792. The Kier molecular flexibility index (Phi) is 5.42. The van der Waals surface area contributed by atoms with Crippen LogP contribution in [-0.2, 0) is 14.2 Å². The maximum absolute atomic E-state index is 12.2. The van der Waals surface area contributed by atoms with Gasteiger partial charge in [-0.05, 0) is 24.3 Å². The number of benzene rings is 2. The van der Waals surface area contributed by atoms with Crippen molar-refractivity contribution in [2.24, 2.45) is 0 Å². The number of esters is 2. The lowest BCUT2D eigenvalue weighted by atomic mass is 10.1. The van der Waals surface area contributed by atoms with E-state index in [4.69, 9.17) is 14.2 Å². The van der Waals surface area contributed by atoms with Gasteiger partial charge in [-0.3, -0.25) is 0 Å². The third-order valence-corrected chi connectivity index (χ3v) is 3.87. The summed E-state index contributed by atoms with van der Waals surface area (Å²) < 4.78 is 16.0. The van der Waals surface area contributed by atoms with Crippen molar-refractivity contribution in [3.8, 4) is 0 Å². The minimum atomic E-state index is -0.965. The number of carbonyl (C=O) groups is 2. The second kappa shape index (κ2) is 7.92. The molecular formula is C19H18O6. The average Bonchev–Trinajstić information content (AvgIpc) is 3.01. The monoisotopic (exact) mass is 342 g/mol. The van der Waals surface area contributed by atoms with E-state index in [2.05, 4.69) is 0 Å². The Balaban J connectivity index is 1.59. The molecule has 0 aromatic heterocycles. The lowest BCUT2D eigenvalue weighted by Gasteiger charge is -2.20. The summed E-state index contributed by atoms with van der Waals surface area (Å²) in [4.78, 5) is 24.1. The van der Waals surface area contributed by atoms with Crippen LogP contribution in [0.5, 0.6) is 0 Å². The first-order valence-electron chi connectivity index (χ1n) is 7.93. The number of ether oxygens (including phenoxy) is 3. The first-order valence-corrected chi connectivity index (χ1v) is 7.93. The number of hydrogen-bond donors (Lipinski definition) is 1. The van der Waals surface area contributed by atoms with E-state index in [1.165, 1.54) is 0 Å². The van der Waals surface area contributed by atoms with Crippen LogP contribution in [-0.4, -0.2) is 48.6 Å². The molecule has 2 aromatic rings. The molecule has 1 heterocycles. The van der Waals surface area contributed by atoms with E-state index in [0.29, 0.717) is 11.1 Å². The predicted molar refractivity (Wildman–Crippen MR) is 88.1 cm³/mol. The Bertz CT molecular complexity index is 715. The van der Waals surface area contributed by atoms with Gasteiger partial charge < -0.3 is 19.3 Å². The molecule has 1 aliphatic heterocycles. The summed E-state index contributed by atoms with van der Waals surface area (Å²) in [6.45, 7) is -0.0994. The summed E-state index contributed by atoms with van der Waals surface area (Å²) in [6, 6.07) is 17.0. The van der Waals surface area contributed by atoms with Crippen molar-refractivity contribution in [1.82, 2.24) is 0 Å². The summed E-state index contributed by atoms with van der Waals surface area (Å²) in [6.07, 6.45) is -2.57. The zero-order chi connectivity index (χ0) is 17.6. The normalized spacial score (nSPS) is 22.4. The molecule has 2 aromatic carbocycles. The van der Waals surface area contributed by atoms with E-state index in [1.807, 2.05) is 0 Å². The van der Waals surface area contributed by atoms with E-state index in [0.717, 1.165) is 0 Å². The van der Waals surface area contributed by atoms with Gasteiger partial charge in [-0.1, -0.05) is 36.4 Å². The number of aliphatic hydroxyl groups excluding tert-OH is 1. The lowest BCUT2D eigenvalue weighted by molar-refractivity contribution is -0.0382. The van der Waals surface area contributed by atoms with Crippen LogP contribution in [0, 0.1) is 0 Å². The van der Waals surface area contributed by atoms with Gasteiger partial charge in [-0.15, -0.1) is 0 Å². The molecule has 1 saturated heterocycles. The molecule has 130 valence electrons. The topological polar surface area (TPSA) is 82.1 Å². The molecule has 3 rings (SSSR count). The van der Waals surface area contributed by atoms with Crippen LogP contribution in [0.1, 0.15) is 20.7 Å². The Hall–Kier alpha value is -2.70. The number of rotatable bonds is 5. The highest BCUT2D eigenvalue weighted by Crippen LogP contribution is 2.20. The minimum absolute atomic E-state index is 0.0142. The van der Waals surface area contributed by atoms with Gasteiger partial charge in [0.15, 0.2) is 6.10 Å². The van der Waals surface area contributed by atoms with Crippen molar-refractivity contribution in [2.45, 2.75) is 18.3 Å². The molecule has 0 unspecified atom stereocenters. The first-order chi connectivity index (χ1) is 12.1. The molecule has 0 spiro atoms. The minimum Gasteiger partial charge on any atom is -0.459 e. The van der Waals surface area contributed by atoms with Crippen LogP contribution in [0.4, 0.5) is 0 Å². The zero-order valence-electron chi connectivity index (χ0n) is 13.4. The van der Waals surface area contributed by atoms with E-state index >= 15 is 0 Å². The van der Waals surface area contributed by atoms with Gasteiger partial charge in [0.25, 0.3) is 0 Å². The average molecular weight is 342 g/mol. The maximum Gasteiger partial charge on any atom is 0.338 e. The van der Waals surface area contributed by atoms with Crippen molar-refractivity contribution in [1.29, 1.82) is 0 Å². The van der Waals surface area contributed by atoms with Gasteiger partial charge in [0.05, 0.1) is 17.7 Å². The van der Waals surface area contributed by atoms with Crippen LogP contribution in [0.15, 0.2) is 60.7 Å². The Morgan fingerprint density at radius 1 is 0.960 bits per heavy atom. The molecule has 25 heavy (non-hydrogen) atoms. The highest BCUT2D eigenvalue weighted by atomic mass is 16.6. The zero-order valence-corrected chi connectivity index (χ0v) is 13.4. The van der Waals surface area contributed by atoms with Crippen LogP contribution in [0.2, 0.25) is 0 Å². The molecule has 1 aliphatic rings. The molecule has 6 nitrogen and oxygen atoms in total. The Labute approximate surface area is 144 Å². The van der Waals surface area contributed by atoms with Gasteiger partial charge in [0, 0.05) is 0 Å². The van der Waals surface area contributed by atoms with Crippen molar-refractivity contribution >= 4 is 11.9 Å². The quantitative estimate of drug-likeness (QED) is 0.835. The van der Waals surface area contributed by atoms with Gasteiger partial charge in [0.1, 0.15) is 18.8 Å². The van der Waals surface area contributed by atoms with E-state index < -0.39 is 30.3 Å².